The van der Waals surface area contributed by atoms with Gasteiger partial charge in [0, 0.05) is 49.3 Å². The molecular weight excluding hydrogens is 407 g/mol. The van der Waals surface area contributed by atoms with Crippen molar-refractivity contribution in [3.8, 4) is 11.3 Å². The van der Waals surface area contributed by atoms with Gasteiger partial charge in [-0.1, -0.05) is 6.07 Å². The summed E-state index contributed by atoms with van der Waals surface area (Å²) >= 11 is 0. The van der Waals surface area contributed by atoms with E-state index in [-0.39, 0.29) is 6.42 Å². The molecule has 0 amide bonds. The van der Waals surface area contributed by atoms with E-state index in [4.69, 9.17) is 0 Å². The van der Waals surface area contributed by atoms with Crippen molar-refractivity contribution in [1.82, 2.24) is 29.3 Å². The van der Waals surface area contributed by atoms with Crippen molar-refractivity contribution in [2.45, 2.75) is 38.5 Å². The number of anilines is 1. The van der Waals surface area contributed by atoms with Crippen LogP contribution in [-0.2, 0) is 14.1 Å². The Bertz CT molecular complexity index is 1290. The molecule has 0 saturated heterocycles. The van der Waals surface area contributed by atoms with E-state index in [1.807, 2.05) is 33.0 Å². The van der Waals surface area contributed by atoms with Crippen LogP contribution >= 0.6 is 0 Å². The fraction of sp³-hybridized carbons (Fsp3) is 0.381. The van der Waals surface area contributed by atoms with Crippen molar-refractivity contribution in [3.63, 3.8) is 0 Å². The molecule has 162 valence electrons. The summed E-state index contributed by atoms with van der Waals surface area (Å²) in [6.45, 7) is 3.75. The number of alkyl halides is 3. The average Bonchev–Trinajstić information content (AvgIpc) is 3.37. The first kappa shape index (κ1) is 19.7. The van der Waals surface area contributed by atoms with Gasteiger partial charge in [-0.3, -0.25) is 9.36 Å². The molecule has 1 aliphatic rings. The fourth-order valence-electron chi connectivity index (χ4n) is 4.51. The standard InChI is InChI=1S/C21H22F3N7/c1-11-13(5-6-18-14(11)9-25-30(18)4)17-8-20-26-16(15-10-29(3)27-12(15)2)7-19(21(22,23)24)31(20)28-17/h5-6,8-10,16,19,26H,7H2,1-4H3. The summed E-state index contributed by atoms with van der Waals surface area (Å²) in [7, 11) is 3.62. The maximum Gasteiger partial charge on any atom is 0.410 e. The Kier molecular flexibility index (Phi) is 4.18. The van der Waals surface area contributed by atoms with E-state index in [2.05, 4.69) is 20.6 Å². The summed E-state index contributed by atoms with van der Waals surface area (Å²) in [5, 5.41) is 17.2. The highest BCUT2D eigenvalue weighted by atomic mass is 19.4. The maximum absolute atomic E-state index is 14.0. The van der Waals surface area contributed by atoms with Crippen molar-refractivity contribution >= 4 is 16.7 Å². The van der Waals surface area contributed by atoms with Gasteiger partial charge >= 0.3 is 6.18 Å². The quantitative estimate of drug-likeness (QED) is 0.511. The fourth-order valence-corrected chi connectivity index (χ4v) is 4.51. The third-order valence-electron chi connectivity index (χ3n) is 6.09. The van der Waals surface area contributed by atoms with E-state index >= 15 is 0 Å². The first-order valence-electron chi connectivity index (χ1n) is 9.98. The summed E-state index contributed by atoms with van der Waals surface area (Å²) in [6.07, 6.45) is -1.03. The summed E-state index contributed by atoms with van der Waals surface area (Å²) in [4.78, 5) is 0. The molecule has 0 radical (unpaired) electrons. The van der Waals surface area contributed by atoms with Gasteiger partial charge in [0.25, 0.3) is 0 Å². The van der Waals surface area contributed by atoms with Crippen LogP contribution in [0, 0.1) is 13.8 Å². The second-order valence-corrected chi connectivity index (χ2v) is 8.13. The van der Waals surface area contributed by atoms with E-state index in [0.717, 1.165) is 32.3 Å². The topological polar surface area (TPSA) is 65.5 Å². The summed E-state index contributed by atoms with van der Waals surface area (Å²) in [5.41, 5.74) is 4.67. The number of fused-ring (bicyclic) bond motifs is 2. The summed E-state index contributed by atoms with van der Waals surface area (Å²) in [5.74, 6) is 0.350. The highest BCUT2D eigenvalue weighted by Crippen LogP contribution is 2.45. The smallest absolute Gasteiger partial charge is 0.363 e. The second-order valence-electron chi connectivity index (χ2n) is 8.13. The van der Waals surface area contributed by atoms with Gasteiger partial charge in [-0.2, -0.15) is 28.5 Å². The zero-order valence-electron chi connectivity index (χ0n) is 17.6. The summed E-state index contributed by atoms with van der Waals surface area (Å²) < 4.78 is 46.5. The molecule has 10 heteroatoms. The van der Waals surface area contributed by atoms with Crippen molar-refractivity contribution in [3.05, 3.63) is 47.4 Å². The molecular formula is C21H22F3N7. The average molecular weight is 429 g/mol. The van der Waals surface area contributed by atoms with Crippen LogP contribution in [0.1, 0.15) is 35.3 Å². The highest BCUT2D eigenvalue weighted by molar-refractivity contribution is 5.88. The molecule has 4 heterocycles. The lowest BCUT2D eigenvalue weighted by Crippen LogP contribution is -2.35. The summed E-state index contributed by atoms with van der Waals surface area (Å²) in [6, 6.07) is 3.28. The highest BCUT2D eigenvalue weighted by Gasteiger charge is 2.47. The van der Waals surface area contributed by atoms with Crippen LogP contribution in [0.5, 0.6) is 0 Å². The maximum atomic E-state index is 14.0. The van der Waals surface area contributed by atoms with Crippen molar-refractivity contribution in [2.75, 3.05) is 5.32 Å². The second kappa shape index (κ2) is 6.60. The van der Waals surface area contributed by atoms with Crippen LogP contribution in [0.2, 0.25) is 0 Å². The van der Waals surface area contributed by atoms with E-state index in [1.165, 1.54) is 0 Å². The Morgan fingerprint density at radius 2 is 1.90 bits per heavy atom. The number of benzene rings is 1. The van der Waals surface area contributed by atoms with Crippen LogP contribution in [0.25, 0.3) is 22.2 Å². The van der Waals surface area contributed by atoms with Gasteiger partial charge in [0.15, 0.2) is 6.04 Å². The van der Waals surface area contributed by atoms with Crippen LogP contribution in [0.3, 0.4) is 0 Å². The van der Waals surface area contributed by atoms with E-state index < -0.39 is 18.3 Å². The first-order valence-corrected chi connectivity index (χ1v) is 9.98. The molecule has 1 N–H and O–H groups in total. The van der Waals surface area contributed by atoms with Crippen molar-refractivity contribution in [1.29, 1.82) is 0 Å². The van der Waals surface area contributed by atoms with Gasteiger partial charge in [-0.15, -0.1) is 0 Å². The lowest BCUT2D eigenvalue weighted by molar-refractivity contribution is -0.173. The van der Waals surface area contributed by atoms with Crippen LogP contribution in [-0.4, -0.2) is 35.5 Å². The molecule has 31 heavy (non-hydrogen) atoms. The van der Waals surface area contributed by atoms with E-state index in [0.29, 0.717) is 17.2 Å². The van der Waals surface area contributed by atoms with Gasteiger partial charge in [0.1, 0.15) is 5.82 Å². The van der Waals surface area contributed by atoms with Gasteiger partial charge in [0.2, 0.25) is 0 Å². The minimum absolute atomic E-state index is 0.148. The normalized spacial score (nSPS) is 18.9. The number of aryl methyl sites for hydroxylation is 4. The minimum Gasteiger partial charge on any atom is -0.363 e. The molecule has 1 aromatic carbocycles. The van der Waals surface area contributed by atoms with Crippen LogP contribution in [0.4, 0.5) is 19.0 Å². The minimum atomic E-state index is -4.42. The first-order chi connectivity index (χ1) is 14.6. The van der Waals surface area contributed by atoms with Gasteiger partial charge in [0.05, 0.1) is 29.1 Å². The number of aromatic nitrogens is 6. The van der Waals surface area contributed by atoms with Crippen LogP contribution in [0.15, 0.2) is 30.6 Å². The van der Waals surface area contributed by atoms with Crippen molar-refractivity contribution < 1.29 is 13.2 Å². The number of hydrogen-bond donors (Lipinski definition) is 1. The molecule has 0 aliphatic carbocycles. The van der Waals surface area contributed by atoms with Crippen LogP contribution < -0.4 is 5.32 Å². The molecule has 7 nitrogen and oxygen atoms in total. The Morgan fingerprint density at radius 1 is 1.13 bits per heavy atom. The van der Waals surface area contributed by atoms with Crippen molar-refractivity contribution in [2.24, 2.45) is 14.1 Å². The Labute approximate surface area is 176 Å². The molecule has 5 rings (SSSR count). The predicted octanol–water partition coefficient (Wildman–Crippen LogP) is 4.45. The number of halogens is 3. The zero-order valence-corrected chi connectivity index (χ0v) is 17.6. The molecule has 0 fully saturated rings. The Balaban J connectivity index is 1.61. The van der Waals surface area contributed by atoms with Gasteiger partial charge in [-0.25, -0.2) is 4.68 Å². The third-order valence-corrected chi connectivity index (χ3v) is 6.09. The Hall–Kier alpha value is -3.30. The lowest BCUT2D eigenvalue weighted by atomic mass is 9.97. The molecule has 1 aliphatic heterocycles. The van der Waals surface area contributed by atoms with E-state index in [9.17, 15) is 13.2 Å². The molecule has 3 aromatic heterocycles. The number of hydrogen-bond acceptors (Lipinski definition) is 4. The largest absolute Gasteiger partial charge is 0.410 e. The molecule has 4 aromatic rings. The van der Waals surface area contributed by atoms with Gasteiger partial charge in [-0.05, 0) is 25.5 Å². The molecule has 0 spiro atoms. The number of nitrogens with one attached hydrogen (secondary N) is 1. The van der Waals surface area contributed by atoms with Gasteiger partial charge < -0.3 is 5.32 Å². The monoisotopic (exact) mass is 429 g/mol. The molecule has 2 unspecified atom stereocenters. The molecule has 0 saturated carbocycles. The van der Waals surface area contributed by atoms with E-state index in [1.54, 1.807) is 34.9 Å². The zero-order chi connectivity index (χ0) is 22.1. The number of rotatable bonds is 2. The SMILES string of the molecule is Cc1nn(C)cc1C1CC(C(F)(F)F)n2nc(-c3ccc4c(cnn4C)c3C)cc2N1. The molecule has 0 bridgehead atoms. The number of nitrogens with zero attached hydrogens (tertiary/aromatic N) is 6. The third kappa shape index (κ3) is 3.08. The Morgan fingerprint density at radius 3 is 2.58 bits per heavy atom. The lowest BCUT2D eigenvalue weighted by Gasteiger charge is -2.33. The predicted molar refractivity (Wildman–Crippen MR) is 111 cm³/mol. The molecule has 2 atom stereocenters.